The molecule has 0 spiro atoms. The molecule has 9 heteroatoms. The van der Waals surface area contributed by atoms with Gasteiger partial charge in [-0.1, -0.05) is 42.5 Å². The SMILES string of the molecule is CC(=O)N(C)C1CCC(CC(=O)Nc2cnc(-c3ccc(C4(NC(=O)OC(C)(C)C)CCC4)cc3)c(-c3ccccc3F)c2)CC1. The van der Waals surface area contributed by atoms with Crippen LogP contribution in [0.2, 0.25) is 0 Å². The molecule has 3 amide bonds. The number of carbonyl (C=O) groups is 3. The predicted octanol–water partition coefficient (Wildman–Crippen LogP) is 7.82. The van der Waals surface area contributed by atoms with Gasteiger partial charge >= 0.3 is 6.09 Å². The van der Waals surface area contributed by atoms with Crippen LogP contribution in [0.25, 0.3) is 22.4 Å². The van der Waals surface area contributed by atoms with Crippen LogP contribution in [0.3, 0.4) is 0 Å². The van der Waals surface area contributed by atoms with E-state index in [0.29, 0.717) is 28.9 Å². The van der Waals surface area contributed by atoms with Crippen molar-refractivity contribution in [2.45, 2.75) is 96.2 Å². The van der Waals surface area contributed by atoms with Crippen LogP contribution in [0.4, 0.5) is 14.9 Å². The smallest absolute Gasteiger partial charge is 0.408 e. The third-order valence-corrected chi connectivity index (χ3v) is 9.33. The number of nitrogens with zero attached hydrogens (tertiary/aromatic N) is 2. The number of halogens is 1. The Morgan fingerprint density at radius 2 is 1.67 bits per heavy atom. The molecular formula is C37H45FN4O4. The average molecular weight is 629 g/mol. The fraction of sp³-hybridized carbons (Fsp3) is 0.459. The minimum Gasteiger partial charge on any atom is -0.444 e. The zero-order valence-corrected chi connectivity index (χ0v) is 27.5. The molecule has 244 valence electrons. The number of rotatable bonds is 8. The molecule has 0 radical (unpaired) electrons. The number of hydrogen-bond donors (Lipinski definition) is 2. The topological polar surface area (TPSA) is 101 Å². The summed E-state index contributed by atoms with van der Waals surface area (Å²) in [5.41, 5.74) is 2.74. The van der Waals surface area contributed by atoms with E-state index in [0.717, 1.165) is 56.1 Å². The summed E-state index contributed by atoms with van der Waals surface area (Å²) >= 11 is 0. The van der Waals surface area contributed by atoms with Gasteiger partial charge in [0.2, 0.25) is 11.8 Å². The number of aromatic nitrogens is 1. The summed E-state index contributed by atoms with van der Waals surface area (Å²) in [6, 6.07) is 16.4. The first-order chi connectivity index (χ1) is 21.8. The number of alkyl carbamates (subject to hydrolysis) is 1. The van der Waals surface area contributed by atoms with Gasteiger partial charge in [0.1, 0.15) is 11.4 Å². The highest BCUT2D eigenvalue weighted by molar-refractivity contribution is 5.93. The normalized spacial score (nSPS) is 19.0. The molecule has 2 saturated carbocycles. The molecule has 2 aromatic carbocycles. The monoisotopic (exact) mass is 628 g/mol. The van der Waals surface area contributed by atoms with Crippen molar-refractivity contribution in [3.05, 3.63) is 72.2 Å². The molecule has 0 bridgehead atoms. The van der Waals surface area contributed by atoms with Crippen LogP contribution in [0.15, 0.2) is 60.8 Å². The maximum Gasteiger partial charge on any atom is 0.408 e. The van der Waals surface area contributed by atoms with Gasteiger partial charge in [0.05, 0.1) is 23.1 Å². The van der Waals surface area contributed by atoms with Gasteiger partial charge in [0, 0.05) is 43.1 Å². The molecule has 0 unspecified atom stereocenters. The van der Waals surface area contributed by atoms with E-state index in [1.807, 2.05) is 52.1 Å². The van der Waals surface area contributed by atoms with Gasteiger partial charge in [-0.3, -0.25) is 14.6 Å². The number of nitrogens with one attached hydrogen (secondary N) is 2. The Hall–Kier alpha value is -4.27. The van der Waals surface area contributed by atoms with Crippen LogP contribution in [0.5, 0.6) is 0 Å². The average Bonchev–Trinajstić information content (AvgIpc) is 2.98. The molecule has 5 rings (SSSR count). The molecule has 2 aliphatic carbocycles. The summed E-state index contributed by atoms with van der Waals surface area (Å²) < 4.78 is 20.7. The molecule has 0 saturated heterocycles. The van der Waals surface area contributed by atoms with Crippen LogP contribution >= 0.6 is 0 Å². The van der Waals surface area contributed by atoms with E-state index < -0.39 is 17.2 Å². The largest absolute Gasteiger partial charge is 0.444 e. The Kier molecular flexibility index (Phi) is 9.79. The Labute approximate surface area is 271 Å². The van der Waals surface area contributed by atoms with Crippen molar-refractivity contribution in [2.24, 2.45) is 5.92 Å². The van der Waals surface area contributed by atoms with E-state index in [9.17, 15) is 14.4 Å². The van der Waals surface area contributed by atoms with Gasteiger partial charge in [0.25, 0.3) is 0 Å². The molecule has 2 N–H and O–H groups in total. The van der Waals surface area contributed by atoms with E-state index >= 15 is 4.39 Å². The zero-order chi connectivity index (χ0) is 33.1. The van der Waals surface area contributed by atoms with E-state index in [-0.39, 0.29) is 29.6 Å². The standard InChI is InChI=1S/C37H45FN4O4/c1-24(43)42(5)29-17-11-25(12-18-29)21-33(44)40-28-22-31(30-9-6-7-10-32(30)38)34(39-23-28)26-13-15-27(16-14-26)37(19-8-20-37)41-35(45)46-36(2,3)4/h6-7,9-10,13-16,22-23,25,29H,8,11-12,17-21H2,1-5H3,(H,40,44)(H,41,45). The second-order valence-corrected chi connectivity index (χ2v) is 13.8. The highest BCUT2D eigenvalue weighted by Gasteiger charge is 2.41. The molecule has 1 aromatic heterocycles. The molecule has 1 heterocycles. The van der Waals surface area contributed by atoms with Crippen molar-refractivity contribution in [2.75, 3.05) is 12.4 Å². The van der Waals surface area contributed by atoms with E-state index in [4.69, 9.17) is 9.72 Å². The number of ether oxygens (including phenoxy) is 1. The number of pyridine rings is 1. The van der Waals surface area contributed by atoms with Crippen LogP contribution in [-0.2, 0) is 19.9 Å². The van der Waals surface area contributed by atoms with Crippen LogP contribution in [-0.4, -0.2) is 46.5 Å². The quantitative estimate of drug-likeness (QED) is 0.265. The number of hydrogen-bond acceptors (Lipinski definition) is 5. The summed E-state index contributed by atoms with van der Waals surface area (Å²) in [5.74, 6) is -0.175. The summed E-state index contributed by atoms with van der Waals surface area (Å²) in [4.78, 5) is 43.9. The summed E-state index contributed by atoms with van der Waals surface area (Å²) in [7, 11) is 1.84. The first kappa shape index (κ1) is 33.1. The molecule has 46 heavy (non-hydrogen) atoms. The first-order valence-corrected chi connectivity index (χ1v) is 16.2. The minimum atomic E-state index is -0.590. The molecule has 8 nitrogen and oxygen atoms in total. The molecule has 2 fully saturated rings. The Morgan fingerprint density at radius 1 is 1.00 bits per heavy atom. The molecule has 0 atom stereocenters. The maximum atomic E-state index is 15.1. The lowest BCUT2D eigenvalue weighted by atomic mass is 9.71. The molecule has 0 aliphatic heterocycles. The van der Waals surface area contributed by atoms with Gasteiger partial charge in [-0.2, -0.15) is 0 Å². The molecule has 3 aromatic rings. The lowest BCUT2D eigenvalue weighted by molar-refractivity contribution is -0.130. The fourth-order valence-electron chi connectivity index (χ4n) is 6.58. The molecule has 2 aliphatic rings. The Morgan fingerprint density at radius 3 is 2.26 bits per heavy atom. The van der Waals surface area contributed by atoms with Crippen molar-refractivity contribution < 1.29 is 23.5 Å². The Bertz CT molecular complexity index is 1570. The first-order valence-electron chi connectivity index (χ1n) is 16.2. The zero-order valence-electron chi connectivity index (χ0n) is 27.5. The van der Waals surface area contributed by atoms with E-state index in [1.165, 1.54) is 6.07 Å². The van der Waals surface area contributed by atoms with Gasteiger partial charge in [-0.15, -0.1) is 0 Å². The highest BCUT2D eigenvalue weighted by atomic mass is 19.1. The van der Waals surface area contributed by atoms with Gasteiger partial charge in [-0.25, -0.2) is 9.18 Å². The lowest BCUT2D eigenvalue weighted by Crippen LogP contribution is -2.52. The summed E-state index contributed by atoms with van der Waals surface area (Å²) in [6.07, 6.45) is 7.74. The van der Waals surface area contributed by atoms with Crippen LogP contribution < -0.4 is 10.6 Å². The summed E-state index contributed by atoms with van der Waals surface area (Å²) in [6.45, 7) is 7.11. The number of anilines is 1. The third kappa shape index (κ3) is 7.74. The van der Waals surface area contributed by atoms with Crippen molar-refractivity contribution in [3.8, 4) is 22.4 Å². The minimum absolute atomic E-state index is 0.0659. The third-order valence-electron chi connectivity index (χ3n) is 9.33. The maximum absolute atomic E-state index is 15.1. The van der Waals surface area contributed by atoms with Gasteiger partial charge in [0.15, 0.2) is 0 Å². The second kappa shape index (κ2) is 13.6. The Balaban J connectivity index is 1.33. The van der Waals surface area contributed by atoms with Crippen molar-refractivity contribution >= 4 is 23.6 Å². The summed E-state index contributed by atoms with van der Waals surface area (Å²) in [5, 5.41) is 6.08. The number of benzene rings is 2. The van der Waals surface area contributed by atoms with Crippen LogP contribution in [0, 0.1) is 11.7 Å². The van der Waals surface area contributed by atoms with Crippen molar-refractivity contribution in [1.82, 2.24) is 15.2 Å². The number of amides is 3. The second-order valence-electron chi connectivity index (χ2n) is 13.8. The highest BCUT2D eigenvalue weighted by Crippen LogP contribution is 2.43. The van der Waals surface area contributed by atoms with E-state index in [1.54, 1.807) is 42.3 Å². The lowest BCUT2D eigenvalue weighted by Gasteiger charge is -2.43. The molecular weight excluding hydrogens is 583 g/mol. The number of carbonyl (C=O) groups excluding carboxylic acids is 3. The van der Waals surface area contributed by atoms with Crippen LogP contribution in [0.1, 0.15) is 84.6 Å². The van der Waals surface area contributed by atoms with Crippen molar-refractivity contribution in [1.29, 1.82) is 0 Å². The van der Waals surface area contributed by atoms with E-state index in [2.05, 4.69) is 10.6 Å². The van der Waals surface area contributed by atoms with Crippen molar-refractivity contribution in [3.63, 3.8) is 0 Å². The fourth-order valence-corrected chi connectivity index (χ4v) is 6.58. The van der Waals surface area contributed by atoms with Gasteiger partial charge < -0.3 is 20.3 Å². The van der Waals surface area contributed by atoms with Gasteiger partial charge in [-0.05, 0) is 89.3 Å². The predicted molar refractivity (Wildman–Crippen MR) is 177 cm³/mol.